The van der Waals surface area contributed by atoms with Gasteiger partial charge in [-0.05, 0) is 42.5 Å². The van der Waals surface area contributed by atoms with Crippen molar-refractivity contribution < 1.29 is 4.42 Å². The SMILES string of the molecule is C/C1=C\CC(C)c2ccc(Cl)cc2-c2ocnc21. The molecule has 3 heteroatoms. The quantitative estimate of drug-likeness (QED) is 0.672. The molecule has 2 aromatic rings. The van der Waals surface area contributed by atoms with Gasteiger partial charge in [0.15, 0.2) is 12.2 Å². The highest BCUT2D eigenvalue weighted by atomic mass is 35.5. The van der Waals surface area contributed by atoms with Crippen molar-refractivity contribution in [1.29, 1.82) is 0 Å². The summed E-state index contributed by atoms with van der Waals surface area (Å²) in [5, 5.41) is 0.727. The third-order valence-electron chi connectivity index (χ3n) is 3.51. The van der Waals surface area contributed by atoms with Crippen molar-refractivity contribution >= 4 is 17.2 Å². The Morgan fingerprint density at radius 3 is 3.06 bits per heavy atom. The molecule has 1 aliphatic rings. The molecule has 1 unspecified atom stereocenters. The molecule has 18 heavy (non-hydrogen) atoms. The van der Waals surface area contributed by atoms with Crippen LogP contribution in [0.1, 0.15) is 37.4 Å². The summed E-state index contributed by atoms with van der Waals surface area (Å²) in [6.45, 7) is 4.29. The minimum absolute atomic E-state index is 0.450. The first kappa shape index (κ1) is 11.5. The van der Waals surface area contributed by atoms with Crippen molar-refractivity contribution in [1.82, 2.24) is 4.98 Å². The minimum atomic E-state index is 0.450. The zero-order valence-corrected chi connectivity index (χ0v) is 11.2. The first-order valence-corrected chi connectivity index (χ1v) is 6.45. The van der Waals surface area contributed by atoms with Gasteiger partial charge in [-0.2, -0.15) is 0 Å². The van der Waals surface area contributed by atoms with E-state index < -0.39 is 0 Å². The molecular weight excluding hydrogens is 246 g/mol. The summed E-state index contributed by atoms with van der Waals surface area (Å²) < 4.78 is 5.58. The van der Waals surface area contributed by atoms with E-state index in [2.05, 4.69) is 31.0 Å². The van der Waals surface area contributed by atoms with Crippen LogP contribution in [0.5, 0.6) is 0 Å². The molecule has 0 radical (unpaired) electrons. The predicted octanol–water partition coefficient (Wildman–Crippen LogP) is 4.91. The Morgan fingerprint density at radius 1 is 1.39 bits per heavy atom. The summed E-state index contributed by atoms with van der Waals surface area (Å²) in [5.74, 6) is 1.28. The van der Waals surface area contributed by atoms with Crippen LogP contribution in [0.2, 0.25) is 5.02 Å². The van der Waals surface area contributed by atoms with E-state index in [1.807, 2.05) is 12.1 Å². The number of rotatable bonds is 0. The van der Waals surface area contributed by atoms with Crippen LogP contribution in [0.15, 0.2) is 35.1 Å². The smallest absolute Gasteiger partial charge is 0.182 e. The largest absolute Gasteiger partial charge is 0.443 e. The molecule has 1 heterocycles. The number of halogens is 1. The first-order valence-electron chi connectivity index (χ1n) is 6.07. The second-order valence-corrected chi connectivity index (χ2v) is 5.22. The fraction of sp³-hybridized carbons (Fsp3) is 0.267. The molecule has 0 amide bonds. The molecule has 0 saturated heterocycles. The average Bonchev–Trinajstić information content (AvgIpc) is 2.83. The van der Waals surface area contributed by atoms with Crippen LogP contribution in [0, 0.1) is 0 Å². The van der Waals surface area contributed by atoms with Crippen LogP contribution in [-0.4, -0.2) is 4.98 Å². The van der Waals surface area contributed by atoms with Crippen molar-refractivity contribution in [3.63, 3.8) is 0 Å². The van der Waals surface area contributed by atoms with E-state index >= 15 is 0 Å². The number of allylic oxidation sites excluding steroid dienone is 2. The molecular formula is C15H14ClNO. The molecule has 2 nitrogen and oxygen atoms in total. The normalized spacial score (nSPS) is 21.3. The summed E-state index contributed by atoms with van der Waals surface area (Å²) in [5.41, 5.74) is 4.41. The lowest BCUT2D eigenvalue weighted by Crippen LogP contribution is -2.00. The fourth-order valence-electron chi connectivity index (χ4n) is 2.45. The molecule has 1 aromatic heterocycles. The Labute approximate surface area is 111 Å². The molecule has 0 saturated carbocycles. The van der Waals surface area contributed by atoms with Crippen molar-refractivity contribution in [2.75, 3.05) is 0 Å². The molecule has 92 valence electrons. The van der Waals surface area contributed by atoms with Gasteiger partial charge in [0.05, 0.1) is 0 Å². The van der Waals surface area contributed by atoms with Gasteiger partial charge in [0.2, 0.25) is 0 Å². The third kappa shape index (κ3) is 1.77. The number of aromatic nitrogens is 1. The van der Waals surface area contributed by atoms with Gasteiger partial charge in [-0.1, -0.05) is 30.7 Å². The number of oxazole rings is 1. The summed E-state index contributed by atoms with van der Waals surface area (Å²) in [7, 11) is 0. The maximum Gasteiger partial charge on any atom is 0.182 e. The van der Waals surface area contributed by atoms with Gasteiger partial charge >= 0.3 is 0 Å². The molecule has 0 bridgehead atoms. The summed E-state index contributed by atoms with van der Waals surface area (Å²) in [6.07, 6.45) is 4.74. The van der Waals surface area contributed by atoms with Crippen LogP contribution >= 0.6 is 11.6 Å². The number of nitrogens with zero attached hydrogens (tertiary/aromatic N) is 1. The molecule has 0 spiro atoms. The van der Waals surface area contributed by atoms with Gasteiger partial charge in [0, 0.05) is 10.6 Å². The predicted molar refractivity (Wildman–Crippen MR) is 73.6 cm³/mol. The third-order valence-corrected chi connectivity index (χ3v) is 3.74. The van der Waals surface area contributed by atoms with E-state index in [4.69, 9.17) is 16.0 Å². The molecule has 0 fully saturated rings. The van der Waals surface area contributed by atoms with Crippen LogP contribution in [-0.2, 0) is 0 Å². The maximum atomic E-state index is 6.11. The van der Waals surface area contributed by atoms with Crippen LogP contribution in [0.3, 0.4) is 0 Å². The number of benzene rings is 1. The Hall–Kier alpha value is -1.54. The van der Waals surface area contributed by atoms with E-state index in [0.29, 0.717) is 5.92 Å². The fourth-order valence-corrected chi connectivity index (χ4v) is 2.62. The van der Waals surface area contributed by atoms with Gasteiger partial charge in [-0.3, -0.25) is 0 Å². The van der Waals surface area contributed by atoms with E-state index in [0.717, 1.165) is 34.0 Å². The van der Waals surface area contributed by atoms with Crippen LogP contribution in [0.4, 0.5) is 0 Å². The lowest BCUT2D eigenvalue weighted by molar-refractivity contribution is 0.570. The van der Waals surface area contributed by atoms with E-state index in [1.165, 1.54) is 12.0 Å². The summed E-state index contributed by atoms with van der Waals surface area (Å²) in [4.78, 5) is 4.31. The maximum absolute atomic E-state index is 6.11. The van der Waals surface area contributed by atoms with E-state index in [-0.39, 0.29) is 0 Å². The van der Waals surface area contributed by atoms with Gasteiger partial charge in [0.25, 0.3) is 0 Å². The summed E-state index contributed by atoms with van der Waals surface area (Å²) in [6, 6.07) is 5.99. The molecule has 1 aliphatic carbocycles. The lowest BCUT2D eigenvalue weighted by atomic mass is 9.88. The monoisotopic (exact) mass is 259 g/mol. The molecule has 0 aliphatic heterocycles. The molecule has 3 rings (SSSR count). The second kappa shape index (κ2) is 4.29. The first-order chi connectivity index (χ1) is 8.66. The highest BCUT2D eigenvalue weighted by Gasteiger charge is 2.21. The van der Waals surface area contributed by atoms with Gasteiger partial charge in [0.1, 0.15) is 5.69 Å². The van der Waals surface area contributed by atoms with Gasteiger partial charge in [-0.25, -0.2) is 4.98 Å². The molecule has 1 atom stereocenters. The molecule has 0 N–H and O–H groups in total. The van der Waals surface area contributed by atoms with E-state index in [1.54, 1.807) is 0 Å². The standard InChI is InChI=1S/C15H14ClNO/c1-9-3-4-10(2)14-15(18-8-17-14)13-7-11(16)5-6-12(9)13/h4-9H,3H2,1-2H3/b10-4+. The zero-order chi connectivity index (χ0) is 12.7. The van der Waals surface area contributed by atoms with Crippen molar-refractivity contribution in [2.45, 2.75) is 26.2 Å². The van der Waals surface area contributed by atoms with Gasteiger partial charge < -0.3 is 4.42 Å². The van der Waals surface area contributed by atoms with Gasteiger partial charge in [-0.15, -0.1) is 0 Å². The molecule has 1 aromatic carbocycles. The lowest BCUT2D eigenvalue weighted by Gasteiger charge is -2.18. The Morgan fingerprint density at radius 2 is 2.22 bits per heavy atom. The Balaban J connectivity index is 2.31. The average molecular weight is 260 g/mol. The number of fused-ring (bicyclic) bond motifs is 3. The van der Waals surface area contributed by atoms with E-state index in [9.17, 15) is 0 Å². The van der Waals surface area contributed by atoms with Crippen molar-refractivity contribution in [2.24, 2.45) is 0 Å². The Kier molecular flexibility index (Phi) is 2.75. The number of hydrogen-bond acceptors (Lipinski definition) is 2. The highest BCUT2D eigenvalue weighted by molar-refractivity contribution is 6.30. The zero-order valence-electron chi connectivity index (χ0n) is 10.4. The second-order valence-electron chi connectivity index (χ2n) is 4.79. The van der Waals surface area contributed by atoms with Crippen molar-refractivity contribution in [3.8, 4) is 11.3 Å². The van der Waals surface area contributed by atoms with Crippen LogP contribution in [0.25, 0.3) is 16.9 Å². The highest BCUT2D eigenvalue weighted by Crippen LogP contribution is 2.39. The topological polar surface area (TPSA) is 26.0 Å². The summed E-state index contributed by atoms with van der Waals surface area (Å²) >= 11 is 6.11. The van der Waals surface area contributed by atoms with Crippen molar-refractivity contribution in [3.05, 3.63) is 46.9 Å². The number of hydrogen-bond donors (Lipinski definition) is 0. The minimum Gasteiger partial charge on any atom is -0.443 e. The Bertz CT molecular complexity index is 627. The van der Waals surface area contributed by atoms with Crippen LogP contribution < -0.4 is 0 Å².